The lowest BCUT2D eigenvalue weighted by molar-refractivity contribution is 0.808. The fourth-order valence-corrected chi connectivity index (χ4v) is 2.11. The van der Waals surface area contributed by atoms with E-state index >= 15 is 0 Å². The third-order valence-electron chi connectivity index (χ3n) is 3.10. The van der Waals surface area contributed by atoms with Gasteiger partial charge in [-0.25, -0.2) is 9.97 Å². The molecule has 2 aromatic heterocycles. The molecule has 0 fully saturated rings. The molecule has 0 saturated carbocycles. The number of aryl methyl sites for hydroxylation is 1. The van der Waals surface area contributed by atoms with Gasteiger partial charge in [0.15, 0.2) is 0 Å². The van der Waals surface area contributed by atoms with Crippen molar-refractivity contribution in [2.24, 2.45) is 5.73 Å². The SMILES string of the molecule is Cc1nccc(C(N)c2ccc3ncccc3c2)n1. The van der Waals surface area contributed by atoms with Gasteiger partial charge in [-0.05, 0) is 36.8 Å². The molecule has 0 radical (unpaired) electrons. The van der Waals surface area contributed by atoms with Crippen LogP contribution < -0.4 is 5.73 Å². The summed E-state index contributed by atoms with van der Waals surface area (Å²) in [7, 11) is 0. The van der Waals surface area contributed by atoms with Crippen molar-refractivity contribution in [1.29, 1.82) is 0 Å². The Balaban J connectivity index is 2.04. The zero-order chi connectivity index (χ0) is 13.2. The highest BCUT2D eigenvalue weighted by Gasteiger charge is 2.11. The Kier molecular flexibility index (Phi) is 2.93. The Morgan fingerprint density at radius 3 is 2.79 bits per heavy atom. The van der Waals surface area contributed by atoms with Crippen LogP contribution in [0.15, 0.2) is 48.8 Å². The number of benzene rings is 1. The molecule has 0 aliphatic heterocycles. The summed E-state index contributed by atoms with van der Waals surface area (Å²) in [5.74, 6) is 0.732. The third-order valence-corrected chi connectivity index (χ3v) is 3.10. The standard InChI is InChI=1S/C15H14N4/c1-10-17-8-6-14(19-10)15(16)12-4-5-13-11(9-12)3-2-7-18-13/h2-9,15H,16H2,1H3. The predicted molar refractivity (Wildman–Crippen MR) is 74.5 cm³/mol. The quantitative estimate of drug-likeness (QED) is 0.758. The molecule has 2 heterocycles. The van der Waals surface area contributed by atoms with Crippen LogP contribution in [0.4, 0.5) is 0 Å². The molecule has 0 aliphatic carbocycles. The van der Waals surface area contributed by atoms with Crippen molar-refractivity contribution < 1.29 is 0 Å². The fourth-order valence-electron chi connectivity index (χ4n) is 2.11. The lowest BCUT2D eigenvalue weighted by Crippen LogP contribution is -2.14. The minimum absolute atomic E-state index is 0.244. The number of pyridine rings is 1. The Morgan fingerprint density at radius 1 is 1.05 bits per heavy atom. The van der Waals surface area contributed by atoms with Gasteiger partial charge in [-0.1, -0.05) is 12.1 Å². The largest absolute Gasteiger partial charge is 0.319 e. The second kappa shape index (κ2) is 4.74. The van der Waals surface area contributed by atoms with Crippen LogP contribution in [0.2, 0.25) is 0 Å². The van der Waals surface area contributed by atoms with Crippen molar-refractivity contribution in [2.45, 2.75) is 13.0 Å². The average molecular weight is 250 g/mol. The highest BCUT2D eigenvalue weighted by molar-refractivity contribution is 5.79. The van der Waals surface area contributed by atoms with Gasteiger partial charge in [-0.3, -0.25) is 4.98 Å². The average Bonchev–Trinajstić information content (AvgIpc) is 2.46. The minimum Gasteiger partial charge on any atom is -0.319 e. The Hall–Kier alpha value is -2.33. The summed E-state index contributed by atoms with van der Waals surface area (Å²) in [5.41, 5.74) is 9.09. The molecular weight excluding hydrogens is 236 g/mol. The first-order valence-corrected chi connectivity index (χ1v) is 6.14. The van der Waals surface area contributed by atoms with Gasteiger partial charge < -0.3 is 5.73 Å². The van der Waals surface area contributed by atoms with Gasteiger partial charge in [0.2, 0.25) is 0 Å². The highest BCUT2D eigenvalue weighted by Crippen LogP contribution is 2.21. The van der Waals surface area contributed by atoms with Gasteiger partial charge in [0.1, 0.15) is 5.82 Å². The molecule has 0 saturated heterocycles. The zero-order valence-electron chi connectivity index (χ0n) is 10.6. The Bertz CT molecular complexity index is 724. The van der Waals surface area contributed by atoms with E-state index < -0.39 is 0 Å². The summed E-state index contributed by atoms with van der Waals surface area (Å²) in [6.07, 6.45) is 3.52. The van der Waals surface area contributed by atoms with E-state index in [1.54, 1.807) is 12.4 Å². The molecule has 1 unspecified atom stereocenters. The summed E-state index contributed by atoms with van der Waals surface area (Å²) >= 11 is 0. The second-order valence-electron chi connectivity index (χ2n) is 4.46. The predicted octanol–water partition coefficient (Wildman–Crippen LogP) is 2.38. The summed E-state index contributed by atoms with van der Waals surface area (Å²) in [6.45, 7) is 1.86. The number of hydrogen-bond donors (Lipinski definition) is 1. The molecule has 4 heteroatoms. The van der Waals surface area contributed by atoms with Crippen LogP contribution in [0.3, 0.4) is 0 Å². The van der Waals surface area contributed by atoms with E-state index in [2.05, 4.69) is 21.0 Å². The van der Waals surface area contributed by atoms with Crippen molar-refractivity contribution in [1.82, 2.24) is 15.0 Å². The van der Waals surface area contributed by atoms with E-state index in [-0.39, 0.29) is 6.04 Å². The summed E-state index contributed by atoms with van der Waals surface area (Å²) in [4.78, 5) is 12.8. The zero-order valence-corrected chi connectivity index (χ0v) is 10.6. The van der Waals surface area contributed by atoms with E-state index in [0.29, 0.717) is 0 Å². The first kappa shape index (κ1) is 11.7. The molecule has 1 aromatic carbocycles. The van der Waals surface area contributed by atoms with Gasteiger partial charge in [0.05, 0.1) is 17.3 Å². The Morgan fingerprint density at radius 2 is 1.95 bits per heavy atom. The topological polar surface area (TPSA) is 64.7 Å². The van der Waals surface area contributed by atoms with Crippen LogP contribution in [0, 0.1) is 6.92 Å². The summed E-state index contributed by atoms with van der Waals surface area (Å²) < 4.78 is 0. The lowest BCUT2D eigenvalue weighted by Gasteiger charge is -2.12. The minimum atomic E-state index is -0.244. The first-order chi connectivity index (χ1) is 9.24. The van der Waals surface area contributed by atoms with Crippen LogP contribution in [-0.4, -0.2) is 15.0 Å². The van der Waals surface area contributed by atoms with Gasteiger partial charge in [0.25, 0.3) is 0 Å². The van der Waals surface area contributed by atoms with Crippen molar-refractivity contribution in [3.63, 3.8) is 0 Å². The molecule has 0 bridgehead atoms. The normalized spacial score (nSPS) is 12.5. The molecule has 94 valence electrons. The second-order valence-corrected chi connectivity index (χ2v) is 4.46. The van der Waals surface area contributed by atoms with E-state index in [1.807, 2.05) is 37.3 Å². The molecule has 4 nitrogen and oxygen atoms in total. The molecule has 19 heavy (non-hydrogen) atoms. The molecule has 0 amide bonds. The van der Waals surface area contributed by atoms with E-state index in [1.165, 1.54) is 0 Å². The molecule has 1 atom stereocenters. The van der Waals surface area contributed by atoms with Gasteiger partial charge in [0, 0.05) is 17.8 Å². The lowest BCUT2D eigenvalue weighted by atomic mass is 10.0. The maximum absolute atomic E-state index is 6.27. The molecule has 0 spiro atoms. The van der Waals surface area contributed by atoms with Crippen molar-refractivity contribution in [2.75, 3.05) is 0 Å². The number of nitrogens with zero attached hydrogens (tertiary/aromatic N) is 3. The van der Waals surface area contributed by atoms with Crippen LogP contribution in [0.25, 0.3) is 10.9 Å². The van der Waals surface area contributed by atoms with Crippen LogP contribution in [0.1, 0.15) is 23.1 Å². The highest BCUT2D eigenvalue weighted by atomic mass is 14.9. The number of nitrogens with two attached hydrogens (primary N) is 1. The van der Waals surface area contributed by atoms with Gasteiger partial charge in [-0.2, -0.15) is 0 Å². The molecule has 3 aromatic rings. The van der Waals surface area contributed by atoms with Crippen LogP contribution >= 0.6 is 0 Å². The van der Waals surface area contributed by atoms with Crippen LogP contribution in [0.5, 0.6) is 0 Å². The maximum Gasteiger partial charge on any atom is 0.125 e. The van der Waals surface area contributed by atoms with Gasteiger partial charge in [-0.15, -0.1) is 0 Å². The molecular formula is C15H14N4. The number of fused-ring (bicyclic) bond motifs is 1. The third kappa shape index (κ3) is 2.30. The number of hydrogen-bond acceptors (Lipinski definition) is 4. The van der Waals surface area contributed by atoms with Crippen LogP contribution in [-0.2, 0) is 0 Å². The summed E-state index contributed by atoms with van der Waals surface area (Å²) in [5, 5.41) is 1.08. The molecule has 0 aliphatic rings. The van der Waals surface area contributed by atoms with Crippen molar-refractivity contribution >= 4 is 10.9 Å². The molecule has 3 rings (SSSR count). The number of rotatable bonds is 2. The van der Waals surface area contributed by atoms with Crippen molar-refractivity contribution in [3.8, 4) is 0 Å². The fraction of sp³-hybridized carbons (Fsp3) is 0.133. The Labute approximate surface area is 111 Å². The van der Waals surface area contributed by atoms with E-state index in [4.69, 9.17) is 5.73 Å². The number of aromatic nitrogens is 3. The van der Waals surface area contributed by atoms with Crippen molar-refractivity contribution in [3.05, 3.63) is 65.9 Å². The maximum atomic E-state index is 6.27. The van der Waals surface area contributed by atoms with E-state index in [0.717, 1.165) is 28.0 Å². The summed E-state index contributed by atoms with van der Waals surface area (Å²) in [6, 6.07) is 11.6. The monoisotopic (exact) mass is 250 g/mol. The smallest absolute Gasteiger partial charge is 0.125 e. The van der Waals surface area contributed by atoms with E-state index in [9.17, 15) is 0 Å². The first-order valence-electron chi connectivity index (χ1n) is 6.14. The molecule has 2 N–H and O–H groups in total. The van der Waals surface area contributed by atoms with Gasteiger partial charge >= 0.3 is 0 Å².